The number of anilines is 1. The number of H-pyrrole nitrogens is 1. The molecular weight excluding hydrogens is 486 g/mol. The molecule has 0 aliphatic heterocycles. The zero-order chi connectivity index (χ0) is 25.5. The average molecular weight is 506 g/mol. The van der Waals surface area contributed by atoms with Crippen LogP contribution >= 0.6 is 11.6 Å². The molecule has 11 nitrogen and oxygen atoms in total. The molecule has 2 heterocycles. The van der Waals surface area contributed by atoms with Gasteiger partial charge in [0.15, 0.2) is 0 Å². The molecule has 12 heteroatoms. The number of pyridine rings is 1. The van der Waals surface area contributed by atoms with Gasteiger partial charge in [0.1, 0.15) is 6.33 Å². The van der Waals surface area contributed by atoms with Gasteiger partial charge in [-0.1, -0.05) is 23.7 Å². The SMILES string of the molecule is COC(=O)Nc1ccc(-c2c[nH]c(=O)c(CNC(=O)C=Cc3cc(Cl)ccc3-n3cnnn3)c2)cc1. The number of tetrazole rings is 1. The molecular formula is C24H20ClN7O4. The van der Waals surface area contributed by atoms with Gasteiger partial charge in [0.2, 0.25) is 5.91 Å². The fourth-order valence-electron chi connectivity index (χ4n) is 3.29. The van der Waals surface area contributed by atoms with Crippen molar-refractivity contribution in [1.82, 2.24) is 30.5 Å². The van der Waals surface area contributed by atoms with Crippen molar-refractivity contribution in [2.45, 2.75) is 6.54 Å². The summed E-state index contributed by atoms with van der Waals surface area (Å²) >= 11 is 6.10. The number of aromatic nitrogens is 5. The number of carbonyl (C=O) groups excluding carboxylic acids is 2. The molecule has 4 rings (SSSR count). The lowest BCUT2D eigenvalue weighted by Crippen LogP contribution is -2.25. The van der Waals surface area contributed by atoms with Crippen LogP contribution in [-0.4, -0.2) is 44.3 Å². The number of ether oxygens (including phenoxy) is 1. The highest BCUT2D eigenvalue weighted by molar-refractivity contribution is 6.30. The number of amides is 2. The lowest BCUT2D eigenvalue weighted by Gasteiger charge is -2.08. The van der Waals surface area contributed by atoms with Gasteiger partial charge >= 0.3 is 6.09 Å². The Hall–Kier alpha value is -4.77. The highest BCUT2D eigenvalue weighted by Gasteiger charge is 2.08. The normalized spacial score (nSPS) is 10.8. The second-order valence-electron chi connectivity index (χ2n) is 7.45. The van der Waals surface area contributed by atoms with Crippen molar-refractivity contribution in [2.75, 3.05) is 12.4 Å². The van der Waals surface area contributed by atoms with Crippen LogP contribution in [0.25, 0.3) is 22.9 Å². The van der Waals surface area contributed by atoms with Gasteiger partial charge in [0.25, 0.3) is 5.56 Å². The predicted molar refractivity (Wildman–Crippen MR) is 134 cm³/mol. The summed E-state index contributed by atoms with van der Waals surface area (Å²) in [7, 11) is 1.28. The van der Waals surface area contributed by atoms with Crippen molar-refractivity contribution in [3.05, 3.63) is 93.6 Å². The van der Waals surface area contributed by atoms with Crippen LogP contribution in [0.4, 0.5) is 10.5 Å². The van der Waals surface area contributed by atoms with Gasteiger partial charge < -0.3 is 15.0 Å². The third-order valence-corrected chi connectivity index (χ3v) is 5.32. The minimum atomic E-state index is -0.569. The maximum atomic E-state index is 12.5. The minimum Gasteiger partial charge on any atom is -0.453 e. The van der Waals surface area contributed by atoms with Crippen LogP contribution in [-0.2, 0) is 16.1 Å². The smallest absolute Gasteiger partial charge is 0.411 e. The fraction of sp³-hybridized carbons (Fsp3) is 0.0833. The Balaban J connectivity index is 1.44. The zero-order valence-corrected chi connectivity index (χ0v) is 19.7. The summed E-state index contributed by atoms with van der Waals surface area (Å²) in [5.74, 6) is -0.402. The van der Waals surface area contributed by atoms with Crippen LogP contribution in [0.3, 0.4) is 0 Å². The van der Waals surface area contributed by atoms with E-state index in [-0.39, 0.29) is 12.1 Å². The molecule has 2 amide bonds. The zero-order valence-electron chi connectivity index (χ0n) is 18.9. The molecule has 4 aromatic rings. The second-order valence-corrected chi connectivity index (χ2v) is 7.88. The third kappa shape index (κ3) is 6.02. The molecule has 0 atom stereocenters. The quantitative estimate of drug-likeness (QED) is 0.327. The Kier molecular flexibility index (Phi) is 7.51. The Bertz CT molecular complexity index is 1460. The van der Waals surface area contributed by atoms with Gasteiger partial charge in [-0.2, -0.15) is 4.68 Å². The predicted octanol–water partition coefficient (Wildman–Crippen LogP) is 3.18. The van der Waals surface area contributed by atoms with Gasteiger partial charge in [-0.25, -0.2) is 4.79 Å². The van der Waals surface area contributed by atoms with Crippen LogP contribution in [0.15, 0.2) is 71.9 Å². The number of hydrogen-bond donors (Lipinski definition) is 3. The van der Waals surface area contributed by atoms with E-state index in [2.05, 4.69) is 35.9 Å². The first-order valence-electron chi connectivity index (χ1n) is 10.6. The number of carbonyl (C=O) groups is 2. The molecule has 0 unspecified atom stereocenters. The Morgan fingerprint density at radius 2 is 1.94 bits per heavy atom. The summed E-state index contributed by atoms with van der Waals surface area (Å²) in [6, 6.07) is 13.8. The minimum absolute atomic E-state index is 0.0176. The molecule has 0 saturated carbocycles. The lowest BCUT2D eigenvalue weighted by molar-refractivity contribution is -0.116. The number of nitrogens with zero attached hydrogens (tertiary/aromatic N) is 4. The number of hydrogen-bond acceptors (Lipinski definition) is 7. The van der Waals surface area contributed by atoms with E-state index in [0.29, 0.717) is 27.5 Å². The first-order chi connectivity index (χ1) is 17.4. The van der Waals surface area contributed by atoms with E-state index in [4.69, 9.17) is 11.6 Å². The van der Waals surface area contributed by atoms with E-state index in [1.807, 2.05) is 0 Å². The molecule has 0 spiro atoms. The van der Waals surface area contributed by atoms with Gasteiger partial charge in [-0.05, 0) is 64.0 Å². The first-order valence-corrected chi connectivity index (χ1v) is 11.0. The summed E-state index contributed by atoms with van der Waals surface area (Å²) in [4.78, 5) is 38.8. The van der Waals surface area contributed by atoms with Crippen LogP contribution in [0.5, 0.6) is 0 Å². The van der Waals surface area contributed by atoms with Crippen molar-refractivity contribution in [2.24, 2.45) is 0 Å². The number of aromatic amines is 1. The standard InChI is InChI=1S/C24H20ClN7O4/c1-36-24(35)29-20-6-2-15(3-7-20)17-10-18(23(34)27-12-17)13-26-22(33)9-4-16-11-19(25)5-8-21(16)32-14-28-30-31-32/h2-12,14H,13H2,1H3,(H,26,33)(H,27,34)(H,29,35). The van der Waals surface area contributed by atoms with E-state index in [0.717, 1.165) is 11.1 Å². The van der Waals surface area contributed by atoms with E-state index < -0.39 is 12.0 Å². The largest absolute Gasteiger partial charge is 0.453 e. The molecule has 2 aromatic heterocycles. The molecule has 0 bridgehead atoms. The molecule has 0 fully saturated rings. The Labute approximate surface area is 209 Å². The van der Waals surface area contributed by atoms with Gasteiger partial charge in [-0.3, -0.25) is 14.9 Å². The summed E-state index contributed by atoms with van der Waals surface area (Å²) < 4.78 is 6.03. The molecule has 182 valence electrons. The molecule has 3 N–H and O–H groups in total. The highest BCUT2D eigenvalue weighted by atomic mass is 35.5. The summed E-state index contributed by atoms with van der Waals surface area (Å²) in [5.41, 5.74) is 3.46. The van der Waals surface area contributed by atoms with Gasteiger partial charge in [0, 0.05) is 40.7 Å². The van der Waals surface area contributed by atoms with E-state index in [1.165, 1.54) is 24.2 Å². The number of rotatable bonds is 7. The van der Waals surface area contributed by atoms with Crippen LogP contribution in [0, 0.1) is 0 Å². The lowest BCUT2D eigenvalue weighted by atomic mass is 10.1. The van der Waals surface area contributed by atoms with Gasteiger partial charge in [-0.15, -0.1) is 5.10 Å². The van der Waals surface area contributed by atoms with Crippen molar-refractivity contribution in [3.63, 3.8) is 0 Å². The van der Waals surface area contributed by atoms with Crippen molar-refractivity contribution in [1.29, 1.82) is 0 Å². The number of methoxy groups -OCH3 is 1. The van der Waals surface area contributed by atoms with Crippen molar-refractivity contribution < 1.29 is 14.3 Å². The van der Waals surface area contributed by atoms with Crippen LogP contribution < -0.4 is 16.2 Å². The second kappa shape index (κ2) is 11.1. The van der Waals surface area contributed by atoms with Crippen molar-refractivity contribution in [3.8, 4) is 16.8 Å². The maximum Gasteiger partial charge on any atom is 0.411 e. The average Bonchev–Trinajstić information content (AvgIpc) is 3.42. The van der Waals surface area contributed by atoms with E-state index in [1.54, 1.807) is 60.8 Å². The molecule has 2 aromatic carbocycles. The number of benzene rings is 2. The number of nitrogens with one attached hydrogen (secondary N) is 3. The first kappa shape index (κ1) is 24.4. The fourth-order valence-corrected chi connectivity index (χ4v) is 3.47. The van der Waals surface area contributed by atoms with Crippen LogP contribution in [0.1, 0.15) is 11.1 Å². The third-order valence-electron chi connectivity index (χ3n) is 5.08. The van der Waals surface area contributed by atoms with E-state index >= 15 is 0 Å². The Morgan fingerprint density at radius 3 is 2.67 bits per heavy atom. The monoisotopic (exact) mass is 505 g/mol. The molecule has 0 aliphatic rings. The van der Waals surface area contributed by atoms with Crippen molar-refractivity contribution >= 4 is 35.4 Å². The summed E-state index contributed by atoms with van der Waals surface area (Å²) in [6.45, 7) is 0.0176. The number of halogens is 1. The maximum absolute atomic E-state index is 12.5. The molecule has 36 heavy (non-hydrogen) atoms. The Morgan fingerprint density at radius 1 is 1.14 bits per heavy atom. The molecule has 0 aliphatic carbocycles. The van der Waals surface area contributed by atoms with Crippen LogP contribution in [0.2, 0.25) is 5.02 Å². The van der Waals surface area contributed by atoms with E-state index in [9.17, 15) is 14.4 Å². The summed E-state index contributed by atoms with van der Waals surface area (Å²) in [5, 5.41) is 16.9. The molecule has 0 saturated heterocycles. The molecule has 0 radical (unpaired) electrons. The topological polar surface area (TPSA) is 144 Å². The summed E-state index contributed by atoms with van der Waals surface area (Å²) in [6.07, 6.45) is 5.37. The van der Waals surface area contributed by atoms with Gasteiger partial charge in [0.05, 0.1) is 12.8 Å². The highest BCUT2D eigenvalue weighted by Crippen LogP contribution is 2.22.